The first-order valence-electron chi connectivity index (χ1n) is 10.4. The number of hydrogen-bond acceptors (Lipinski definition) is 5. The van der Waals surface area contributed by atoms with E-state index >= 15 is 0 Å². The van der Waals surface area contributed by atoms with Crippen molar-refractivity contribution in [3.05, 3.63) is 59.1 Å². The molecule has 3 aromatic rings. The minimum absolute atomic E-state index is 0.0781. The Bertz CT molecular complexity index is 1240. The Morgan fingerprint density at radius 2 is 1.79 bits per heavy atom. The zero-order chi connectivity index (χ0) is 24.6. The van der Waals surface area contributed by atoms with Crippen LogP contribution in [-0.4, -0.2) is 35.8 Å². The average Bonchev–Trinajstić information content (AvgIpc) is 3.14. The number of hydrogen-bond donors (Lipinski definition) is 0. The predicted molar refractivity (Wildman–Crippen MR) is 127 cm³/mol. The number of ether oxygens (including phenoxy) is 1. The van der Waals surface area contributed by atoms with Crippen molar-refractivity contribution >= 4 is 27.3 Å². The van der Waals surface area contributed by atoms with Crippen LogP contribution in [0.2, 0.25) is 5.02 Å². The molecule has 1 heterocycles. The summed E-state index contributed by atoms with van der Waals surface area (Å²) in [6.07, 6.45) is 0. The summed E-state index contributed by atoms with van der Waals surface area (Å²) in [6, 6.07) is 10.5. The van der Waals surface area contributed by atoms with Crippen molar-refractivity contribution in [2.24, 2.45) is 0 Å². The predicted octanol–water partition coefficient (Wildman–Crippen LogP) is 5.46. The van der Waals surface area contributed by atoms with Crippen LogP contribution in [0.1, 0.15) is 46.5 Å². The maximum atomic E-state index is 14.8. The van der Waals surface area contributed by atoms with Gasteiger partial charge in [0.25, 0.3) is 10.0 Å². The normalized spacial score (nSPS) is 12.4. The molecule has 0 aliphatic heterocycles. The van der Waals surface area contributed by atoms with Crippen LogP contribution in [-0.2, 0) is 21.4 Å². The van der Waals surface area contributed by atoms with Gasteiger partial charge in [-0.1, -0.05) is 29.8 Å². The highest BCUT2D eigenvalue weighted by Crippen LogP contribution is 2.41. The highest BCUT2D eigenvalue weighted by atomic mass is 35.5. The van der Waals surface area contributed by atoms with Crippen LogP contribution in [0.3, 0.4) is 0 Å². The van der Waals surface area contributed by atoms with Crippen molar-refractivity contribution in [3.63, 3.8) is 0 Å². The van der Waals surface area contributed by atoms with Gasteiger partial charge >= 0.3 is 0 Å². The van der Waals surface area contributed by atoms with Gasteiger partial charge in [-0.2, -0.15) is 0 Å². The maximum absolute atomic E-state index is 14.8. The van der Waals surface area contributed by atoms with Gasteiger partial charge in [-0.15, -0.1) is 10.2 Å². The van der Waals surface area contributed by atoms with Gasteiger partial charge in [-0.05, 0) is 52.8 Å². The molecule has 0 saturated heterocycles. The Labute approximate surface area is 199 Å². The highest BCUT2D eigenvalue weighted by molar-refractivity contribution is 7.93. The SMILES string of the molecule is COCc1nnc(-c2cc(Cl)c(F)cc2N(C(C)(C)C)S(=O)(=O)c2ccccc2)n1C(C)C. The molecule has 0 atom stereocenters. The average molecular weight is 495 g/mol. The van der Waals surface area contributed by atoms with E-state index in [1.807, 2.05) is 18.4 Å². The molecule has 3 rings (SSSR count). The Balaban J connectivity index is 2.37. The molecular weight excluding hydrogens is 467 g/mol. The van der Waals surface area contributed by atoms with Crippen molar-refractivity contribution in [3.8, 4) is 11.4 Å². The maximum Gasteiger partial charge on any atom is 0.264 e. The summed E-state index contributed by atoms with van der Waals surface area (Å²) < 4.78 is 50.6. The van der Waals surface area contributed by atoms with Crippen LogP contribution in [0.5, 0.6) is 0 Å². The summed E-state index contributed by atoms with van der Waals surface area (Å²) in [5.41, 5.74) is -0.479. The molecule has 33 heavy (non-hydrogen) atoms. The first-order valence-corrected chi connectivity index (χ1v) is 12.2. The van der Waals surface area contributed by atoms with Gasteiger partial charge in [0.2, 0.25) is 0 Å². The lowest BCUT2D eigenvalue weighted by molar-refractivity contribution is 0.173. The zero-order valence-corrected chi connectivity index (χ0v) is 21.1. The molecule has 0 spiro atoms. The fourth-order valence-electron chi connectivity index (χ4n) is 3.71. The third-order valence-corrected chi connectivity index (χ3v) is 7.33. The fraction of sp³-hybridized carbons (Fsp3) is 0.391. The number of rotatable bonds is 7. The summed E-state index contributed by atoms with van der Waals surface area (Å²) in [5.74, 6) is 0.189. The summed E-state index contributed by atoms with van der Waals surface area (Å²) >= 11 is 6.16. The van der Waals surface area contributed by atoms with E-state index in [0.29, 0.717) is 17.2 Å². The number of sulfonamides is 1. The molecule has 0 radical (unpaired) electrons. The second kappa shape index (κ2) is 9.40. The van der Waals surface area contributed by atoms with E-state index in [-0.39, 0.29) is 28.3 Å². The van der Waals surface area contributed by atoms with E-state index in [9.17, 15) is 12.8 Å². The standard InChI is InChI=1S/C23H28ClFN4O3S/c1-15(2)28-21(14-32-6)26-27-22(28)17-12-18(24)19(25)13-20(17)29(23(3,4)5)33(30,31)16-10-8-7-9-11-16/h7-13,15H,14H2,1-6H3. The number of halogens is 2. The van der Waals surface area contributed by atoms with Gasteiger partial charge < -0.3 is 9.30 Å². The van der Waals surface area contributed by atoms with Crippen LogP contribution < -0.4 is 4.31 Å². The van der Waals surface area contributed by atoms with Crippen LogP contribution >= 0.6 is 11.6 Å². The highest BCUT2D eigenvalue weighted by Gasteiger charge is 2.37. The molecule has 0 saturated carbocycles. The van der Waals surface area contributed by atoms with E-state index in [2.05, 4.69) is 10.2 Å². The molecule has 0 fully saturated rings. The Kier molecular flexibility index (Phi) is 7.16. The van der Waals surface area contributed by atoms with Crippen molar-refractivity contribution < 1.29 is 17.5 Å². The Hall–Kier alpha value is -2.49. The van der Waals surface area contributed by atoms with E-state index in [1.54, 1.807) is 46.1 Å². The quantitative estimate of drug-likeness (QED) is 0.436. The minimum atomic E-state index is -4.07. The molecule has 1 aromatic heterocycles. The van der Waals surface area contributed by atoms with Crippen LogP contribution in [0.15, 0.2) is 47.4 Å². The first kappa shape index (κ1) is 25.1. The van der Waals surface area contributed by atoms with Gasteiger partial charge in [-0.3, -0.25) is 4.31 Å². The van der Waals surface area contributed by atoms with E-state index < -0.39 is 21.4 Å². The molecule has 0 aliphatic rings. The second-order valence-electron chi connectivity index (χ2n) is 8.87. The molecule has 0 amide bonds. The third-order valence-electron chi connectivity index (χ3n) is 4.95. The van der Waals surface area contributed by atoms with Crippen molar-refractivity contribution in [1.29, 1.82) is 0 Å². The van der Waals surface area contributed by atoms with Gasteiger partial charge in [0, 0.05) is 30.3 Å². The lowest BCUT2D eigenvalue weighted by Gasteiger charge is -2.37. The molecule has 178 valence electrons. The van der Waals surface area contributed by atoms with Crippen molar-refractivity contribution in [2.45, 2.75) is 57.7 Å². The van der Waals surface area contributed by atoms with Gasteiger partial charge in [0.15, 0.2) is 11.6 Å². The summed E-state index contributed by atoms with van der Waals surface area (Å²) in [4.78, 5) is 0.0895. The molecule has 10 heteroatoms. The summed E-state index contributed by atoms with van der Waals surface area (Å²) in [7, 11) is -2.52. The van der Waals surface area contributed by atoms with E-state index in [4.69, 9.17) is 16.3 Å². The number of benzene rings is 2. The zero-order valence-electron chi connectivity index (χ0n) is 19.5. The van der Waals surface area contributed by atoms with Crippen LogP contribution in [0.4, 0.5) is 10.1 Å². The summed E-state index contributed by atoms with van der Waals surface area (Å²) in [5, 5.41) is 8.38. The number of methoxy groups -OCH3 is 1. The van der Waals surface area contributed by atoms with Crippen LogP contribution in [0.25, 0.3) is 11.4 Å². The molecule has 2 aromatic carbocycles. The number of nitrogens with zero attached hydrogens (tertiary/aromatic N) is 4. The summed E-state index contributed by atoms with van der Waals surface area (Å²) in [6.45, 7) is 9.33. The number of aromatic nitrogens is 3. The van der Waals surface area contributed by atoms with Crippen molar-refractivity contribution in [1.82, 2.24) is 14.8 Å². The molecule has 7 nitrogen and oxygen atoms in total. The smallest absolute Gasteiger partial charge is 0.264 e. The fourth-order valence-corrected chi connectivity index (χ4v) is 5.72. The minimum Gasteiger partial charge on any atom is -0.377 e. The van der Waals surface area contributed by atoms with E-state index in [0.717, 1.165) is 6.07 Å². The second-order valence-corrected chi connectivity index (χ2v) is 11.1. The largest absolute Gasteiger partial charge is 0.377 e. The molecule has 0 unspecified atom stereocenters. The third kappa shape index (κ3) is 4.90. The lowest BCUT2D eigenvalue weighted by Crippen LogP contribution is -2.46. The molecular formula is C23H28ClFN4O3S. The van der Waals surface area contributed by atoms with Crippen molar-refractivity contribution in [2.75, 3.05) is 11.4 Å². The molecule has 0 N–H and O–H groups in total. The molecule has 0 bridgehead atoms. The lowest BCUT2D eigenvalue weighted by atomic mass is 10.1. The molecule has 0 aliphatic carbocycles. The topological polar surface area (TPSA) is 77.3 Å². The monoisotopic (exact) mass is 494 g/mol. The Morgan fingerprint density at radius 1 is 1.15 bits per heavy atom. The van der Waals surface area contributed by atoms with Crippen LogP contribution in [0, 0.1) is 5.82 Å². The number of anilines is 1. The van der Waals surface area contributed by atoms with Gasteiger partial charge in [0.05, 0.1) is 15.6 Å². The van der Waals surface area contributed by atoms with Gasteiger partial charge in [-0.25, -0.2) is 12.8 Å². The van der Waals surface area contributed by atoms with E-state index in [1.165, 1.54) is 22.5 Å². The van der Waals surface area contributed by atoms with Gasteiger partial charge in [0.1, 0.15) is 12.4 Å². The first-order chi connectivity index (χ1) is 15.4. The Morgan fingerprint density at radius 3 is 2.33 bits per heavy atom.